The highest BCUT2D eigenvalue weighted by atomic mass is 35.5. The lowest BCUT2D eigenvalue weighted by Gasteiger charge is -2.15. The summed E-state index contributed by atoms with van der Waals surface area (Å²) in [6, 6.07) is 2.52. The van der Waals surface area contributed by atoms with Crippen molar-refractivity contribution in [2.75, 3.05) is 5.75 Å². The fourth-order valence-electron chi connectivity index (χ4n) is 2.37. The van der Waals surface area contributed by atoms with Gasteiger partial charge in [0.15, 0.2) is 0 Å². The van der Waals surface area contributed by atoms with Crippen LogP contribution in [-0.2, 0) is 17.9 Å². The molecule has 2 aromatic rings. The molecule has 0 unspecified atom stereocenters. The molecule has 10 heteroatoms. The Kier molecular flexibility index (Phi) is 5.12. The van der Waals surface area contributed by atoms with Crippen LogP contribution in [0.4, 0.5) is 10.1 Å². The van der Waals surface area contributed by atoms with Gasteiger partial charge in [-0.3, -0.25) is 14.3 Å². The second-order valence-electron chi connectivity index (χ2n) is 5.13. The van der Waals surface area contributed by atoms with Crippen LogP contribution in [-0.4, -0.2) is 26.2 Å². The Morgan fingerprint density at radius 3 is 2.79 bits per heavy atom. The van der Waals surface area contributed by atoms with Crippen molar-refractivity contribution in [1.29, 1.82) is 0 Å². The van der Waals surface area contributed by atoms with Crippen molar-refractivity contribution < 1.29 is 14.3 Å². The van der Waals surface area contributed by atoms with Crippen molar-refractivity contribution in [3.63, 3.8) is 0 Å². The smallest absolute Gasteiger partial charge is 0.325 e. The first-order valence-electron chi connectivity index (χ1n) is 7.15. The highest BCUT2D eigenvalue weighted by Crippen LogP contribution is 2.33. The highest BCUT2D eigenvalue weighted by molar-refractivity contribution is 8.00. The van der Waals surface area contributed by atoms with Crippen LogP contribution in [0.15, 0.2) is 26.8 Å². The molecule has 6 nitrogen and oxygen atoms in total. The standard InChI is InChI=1S/C14H13ClFN3O3S2/c15-8-5-9(16)10(6-11(8)23-7-12(20)21)17-13-18-3-1-2-4-19(18)14(22)24-13/h5-6H,1-4,7H2,(H,20,21)/b17-13-. The van der Waals surface area contributed by atoms with Gasteiger partial charge in [-0.2, -0.15) is 0 Å². The lowest BCUT2D eigenvalue weighted by atomic mass is 10.3. The summed E-state index contributed by atoms with van der Waals surface area (Å²) < 4.78 is 17.5. The van der Waals surface area contributed by atoms with E-state index in [-0.39, 0.29) is 21.3 Å². The molecular weight excluding hydrogens is 377 g/mol. The second-order valence-corrected chi connectivity index (χ2v) is 7.48. The number of carboxylic acid groups (broad SMARTS) is 1. The van der Waals surface area contributed by atoms with E-state index >= 15 is 0 Å². The summed E-state index contributed by atoms with van der Waals surface area (Å²) in [6.07, 6.45) is 1.87. The molecule has 1 aliphatic heterocycles. The van der Waals surface area contributed by atoms with Gasteiger partial charge in [0, 0.05) is 18.0 Å². The molecule has 1 aliphatic rings. The monoisotopic (exact) mass is 389 g/mol. The Hall–Kier alpha value is -1.58. The van der Waals surface area contributed by atoms with Gasteiger partial charge in [0.05, 0.1) is 10.8 Å². The quantitative estimate of drug-likeness (QED) is 0.815. The Morgan fingerprint density at radius 1 is 1.38 bits per heavy atom. The largest absolute Gasteiger partial charge is 0.481 e. The Balaban J connectivity index is 2.05. The third kappa shape index (κ3) is 3.57. The first kappa shape index (κ1) is 17.2. The number of carbonyl (C=O) groups is 1. The minimum Gasteiger partial charge on any atom is -0.481 e. The molecule has 1 aromatic carbocycles. The zero-order valence-corrected chi connectivity index (χ0v) is 14.8. The number of fused-ring (bicyclic) bond motifs is 1. The summed E-state index contributed by atoms with van der Waals surface area (Å²) in [7, 11) is 0. The van der Waals surface area contributed by atoms with E-state index in [1.54, 1.807) is 9.36 Å². The van der Waals surface area contributed by atoms with Gasteiger partial charge in [-0.1, -0.05) is 11.6 Å². The van der Waals surface area contributed by atoms with Crippen molar-refractivity contribution in [1.82, 2.24) is 9.36 Å². The van der Waals surface area contributed by atoms with Gasteiger partial charge < -0.3 is 5.11 Å². The number of halogens is 2. The zero-order valence-electron chi connectivity index (χ0n) is 12.4. The fraction of sp³-hybridized carbons (Fsp3) is 0.357. The van der Waals surface area contributed by atoms with Crippen LogP contribution >= 0.6 is 34.7 Å². The van der Waals surface area contributed by atoms with Crippen LogP contribution in [0.1, 0.15) is 12.8 Å². The van der Waals surface area contributed by atoms with Crippen LogP contribution in [0.2, 0.25) is 5.02 Å². The molecule has 0 saturated carbocycles. The maximum atomic E-state index is 14.2. The summed E-state index contributed by atoms with van der Waals surface area (Å²) in [5, 5.41) is 8.90. The van der Waals surface area contributed by atoms with Crippen LogP contribution in [0.25, 0.3) is 0 Å². The first-order chi connectivity index (χ1) is 11.5. The number of nitrogens with zero attached hydrogens (tertiary/aromatic N) is 3. The van der Waals surface area contributed by atoms with Gasteiger partial charge in [-0.15, -0.1) is 11.8 Å². The predicted molar refractivity (Wildman–Crippen MR) is 90.8 cm³/mol. The third-order valence-electron chi connectivity index (χ3n) is 3.46. The Morgan fingerprint density at radius 2 is 2.08 bits per heavy atom. The molecular formula is C14H13ClFN3O3S2. The summed E-state index contributed by atoms with van der Waals surface area (Å²) in [6.45, 7) is 1.29. The van der Waals surface area contributed by atoms with E-state index < -0.39 is 11.8 Å². The van der Waals surface area contributed by atoms with Gasteiger partial charge in [0.25, 0.3) is 0 Å². The van der Waals surface area contributed by atoms with Gasteiger partial charge >= 0.3 is 10.8 Å². The van der Waals surface area contributed by atoms with Crippen molar-refractivity contribution in [2.45, 2.75) is 30.8 Å². The van der Waals surface area contributed by atoms with Gasteiger partial charge in [-0.25, -0.2) is 14.1 Å². The Labute approximate surface area is 149 Å². The number of hydrogen-bond acceptors (Lipinski definition) is 5. The topological polar surface area (TPSA) is 76.6 Å². The minimum atomic E-state index is -0.992. The van der Waals surface area contributed by atoms with E-state index in [4.69, 9.17) is 16.7 Å². The first-order valence-corrected chi connectivity index (χ1v) is 9.33. The molecule has 2 heterocycles. The zero-order chi connectivity index (χ0) is 17.3. The molecule has 1 N–H and O–H groups in total. The normalized spacial score (nSPS) is 14.7. The van der Waals surface area contributed by atoms with E-state index in [1.165, 1.54) is 6.07 Å². The SMILES string of the molecule is O=C(O)CSc1cc(/N=c2\sc(=O)n3n2CCCC3)c(F)cc1Cl. The molecule has 128 valence electrons. The molecule has 0 atom stereocenters. The van der Waals surface area contributed by atoms with Crippen molar-refractivity contribution >= 4 is 46.4 Å². The molecule has 0 spiro atoms. The fourth-order valence-corrected chi connectivity index (χ4v) is 4.25. The van der Waals surface area contributed by atoms with Crippen LogP contribution in [0.3, 0.4) is 0 Å². The maximum Gasteiger partial charge on any atom is 0.325 e. The number of carboxylic acids is 1. The number of rotatable bonds is 4. The molecule has 0 bridgehead atoms. The van der Waals surface area contributed by atoms with Crippen LogP contribution < -0.4 is 9.67 Å². The average Bonchev–Trinajstić information content (AvgIpc) is 2.85. The van der Waals surface area contributed by atoms with Crippen LogP contribution in [0.5, 0.6) is 0 Å². The maximum absolute atomic E-state index is 14.2. The van der Waals surface area contributed by atoms with E-state index in [2.05, 4.69) is 4.99 Å². The highest BCUT2D eigenvalue weighted by Gasteiger charge is 2.15. The molecule has 0 fully saturated rings. The third-order valence-corrected chi connectivity index (χ3v) is 5.79. The van der Waals surface area contributed by atoms with E-state index in [9.17, 15) is 14.0 Å². The molecule has 0 radical (unpaired) electrons. The summed E-state index contributed by atoms with van der Waals surface area (Å²) in [5.74, 6) is -1.79. The number of thioether (sulfide) groups is 1. The van der Waals surface area contributed by atoms with Gasteiger partial charge in [0.1, 0.15) is 11.5 Å². The predicted octanol–water partition coefficient (Wildman–Crippen LogP) is 2.71. The van der Waals surface area contributed by atoms with Gasteiger partial charge in [0.2, 0.25) is 4.80 Å². The van der Waals surface area contributed by atoms with Crippen molar-refractivity contribution in [3.8, 4) is 0 Å². The van der Waals surface area contributed by atoms with E-state index in [0.717, 1.165) is 42.0 Å². The second kappa shape index (κ2) is 7.12. The molecule has 3 rings (SSSR count). The Bertz CT molecular complexity index is 919. The van der Waals surface area contributed by atoms with Gasteiger partial charge in [-0.05, 0) is 36.3 Å². The molecule has 0 saturated heterocycles. The molecule has 24 heavy (non-hydrogen) atoms. The molecule has 1 aromatic heterocycles. The van der Waals surface area contributed by atoms with Crippen LogP contribution in [0, 0.1) is 5.82 Å². The average molecular weight is 390 g/mol. The number of benzene rings is 1. The summed E-state index contributed by atoms with van der Waals surface area (Å²) >= 11 is 7.91. The molecule has 0 aliphatic carbocycles. The van der Waals surface area contributed by atoms with E-state index in [1.807, 2.05) is 0 Å². The van der Waals surface area contributed by atoms with Crippen molar-refractivity contribution in [3.05, 3.63) is 37.4 Å². The van der Waals surface area contributed by atoms with E-state index in [0.29, 0.717) is 22.8 Å². The number of aromatic nitrogens is 2. The summed E-state index contributed by atoms with van der Waals surface area (Å²) in [5.41, 5.74) is 0.0370. The molecule has 0 amide bonds. The number of hydrogen-bond donors (Lipinski definition) is 1. The minimum absolute atomic E-state index is 0.0370. The summed E-state index contributed by atoms with van der Waals surface area (Å²) in [4.78, 5) is 27.7. The lowest BCUT2D eigenvalue weighted by Crippen LogP contribution is -2.31. The lowest BCUT2D eigenvalue weighted by molar-refractivity contribution is -0.133. The van der Waals surface area contributed by atoms with Crippen molar-refractivity contribution in [2.24, 2.45) is 4.99 Å². The number of aliphatic carboxylic acids is 1.